The van der Waals surface area contributed by atoms with Crippen molar-refractivity contribution in [3.05, 3.63) is 0 Å². The quantitative estimate of drug-likeness (QED) is 0.186. The second-order valence-electron chi connectivity index (χ2n) is 3.09. The Morgan fingerprint density at radius 1 is 0.913 bits per heavy atom. The number of aliphatic hydroxyl groups is 5. The molecule has 11 nitrogen and oxygen atoms in total. The molecule has 0 rings (SSSR count). The van der Waals surface area contributed by atoms with E-state index in [0.717, 1.165) is 0 Å². The van der Waals surface area contributed by atoms with E-state index in [9.17, 15) is 9.90 Å². The average molecular weight is 405 g/mol. The second kappa shape index (κ2) is 22.2. The Bertz CT molecular complexity index is 323. The number of aliphatic carboxylic acids is 3. The summed E-state index contributed by atoms with van der Waals surface area (Å²) in [4.78, 5) is 28.0. The van der Waals surface area contributed by atoms with Gasteiger partial charge in [-0.3, -0.25) is 0 Å². The summed E-state index contributed by atoms with van der Waals surface area (Å²) in [6.07, 6.45) is -8.08. The largest absolute Gasteiger partial charge is 1.00 e. The zero-order valence-electron chi connectivity index (χ0n) is 12.6. The number of rotatable bonds is 5. The molecule has 0 radical (unpaired) electrons. The van der Waals surface area contributed by atoms with Gasteiger partial charge in [-0.15, -0.1) is 0 Å². The molecular weight excluding hydrogens is 393 g/mol. The summed E-state index contributed by atoms with van der Waals surface area (Å²) in [5.74, 6) is -5.98. The Hall–Kier alpha value is 2.14. The SMILES string of the molecule is O=C([O-])C(=O)O.O=C([O-])[C@H](O)[C@@H](O)[C@H](O)[C@H](O)CO.[Cl-].[K+].[Na+].[Na+]. The first kappa shape index (κ1) is 40.0. The van der Waals surface area contributed by atoms with E-state index >= 15 is 0 Å². The predicted octanol–water partition coefficient (Wildman–Crippen LogP) is -19.0. The molecule has 0 amide bonds. The number of hydrogen-bond acceptors (Lipinski definition) is 10. The van der Waals surface area contributed by atoms with Gasteiger partial charge < -0.3 is 62.8 Å². The van der Waals surface area contributed by atoms with E-state index in [1.807, 2.05) is 0 Å². The Balaban J connectivity index is -0.0000000635. The van der Waals surface area contributed by atoms with E-state index in [1.54, 1.807) is 0 Å². The monoisotopic (exact) mass is 404 g/mol. The van der Waals surface area contributed by atoms with E-state index in [1.165, 1.54) is 0 Å². The van der Waals surface area contributed by atoms with Crippen LogP contribution in [0.25, 0.3) is 0 Å². The summed E-state index contributed by atoms with van der Waals surface area (Å²) in [5.41, 5.74) is 0. The smallest absolute Gasteiger partial charge is 1.00 e. The zero-order valence-corrected chi connectivity index (χ0v) is 20.5. The van der Waals surface area contributed by atoms with Crippen LogP contribution in [-0.4, -0.2) is 79.6 Å². The van der Waals surface area contributed by atoms with Crippen LogP contribution in [0.5, 0.6) is 0 Å². The zero-order chi connectivity index (χ0) is 15.7. The Kier molecular flexibility index (Phi) is 38.6. The van der Waals surface area contributed by atoms with Gasteiger partial charge in [0, 0.05) is 0 Å². The Morgan fingerprint density at radius 2 is 1.22 bits per heavy atom. The number of hydrogen-bond donors (Lipinski definition) is 6. The molecule has 0 aromatic heterocycles. The average Bonchev–Trinajstić information content (AvgIpc) is 2.35. The summed E-state index contributed by atoms with van der Waals surface area (Å²) in [7, 11) is 0. The van der Waals surface area contributed by atoms with Crippen LogP contribution in [-0.2, 0) is 14.4 Å². The van der Waals surface area contributed by atoms with Gasteiger partial charge in [0.1, 0.15) is 24.4 Å². The van der Waals surface area contributed by atoms with E-state index in [0.29, 0.717) is 0 Å². The molecule has 23 heavy (non-hydrogen) atoms. The molecule has 0 bridgehead atoms. The fourth-order valence-electron chi connectivity index (χ4n) is 0.662. The number of aliphatic hydroxyl groups excluding tert-OH is 5. The predicted molar refractivity (Wildman–Crippen MR) is 48.8 cm³/mol. The summed E-state index contributed by atoms with van der Waals surface area (Å²) >= 11 is 0. The Labute approximate surface area is 223 Å². The molecule has 0 aliphatic rings. The standard InChI is InChI=1S/C6H12O7.C2H2O4.ClH.K.2Na/c7-1-2(8)3(9)4(10)5(11)6(12)13;3-1(4)2(5)6;;;;/h2-5,7-11H,1H2,(H,12,13);(H,3,4)(H,5,6);1H;;;/q;;;3*+1/p-3/t2-,3-,4+,5-;;;;;/m1...../s1. The van der Waals surface area contributed by atoms with Gasteiger partial charge in [0.25, 0.3) is 0 Å². The molecule has 0 saturated heterocycles. The minimum Gasteiger partial charge on any atom is -1.00 e. The van der Waals surface area contributed by atoms with Crippen molar-refractivity contribution in [2.24, 2.45) is 0 Å². The van der Waals surface area contributed by atoms with Crippen LogP contribution < -0.4 is 133 Å². The molecule has 0 saturated carbocycles. The normalized spacial score (nSPS) is 13.4. The van der Waals surface area contributed by atoms with Gasteiger partial charge in [-0.1, -0.05) is 0 Å². The molecular formula is C8H12ClKNa2O11. The van der Waals surface area contributed by atoms with Crippen molar-refractivity contribution < 1.29 is 178 Å². The number of carbonyl (C=O) groups excluding carboxylic acids is 2. The summed E-state index contributed by atoms with van der Waals surface area (Å²) in [6, 6.07) is 0. The number of carboxylic acid groups (broad SMARTS) is 3. The first-order valence-corrected chi connectivity index (χ1v) is 4.54. The van der Waals surface area contributed by atoms with Gasteiger partial charge in [0.15, 0.2) is 5.97 Å². The van der Waals surface area contributed by atoms with Gasteiger partial charge in [0.2, 0.25) is 0 Å². The minimum atomic E-state index is -2.31. The van der Waals surface area contributed by atoms with Gasteiger partial charge in [0.05, 0.1) is 12.6 Å². The fraction of sp³-hybridized carbons (Fsp3) is 0.625. The maximum absolute atomic E-state index is 9.98. The van der Waals surface area contributed by atoms with Crippen molar-refractivity contribution in [3.8, 4) is 0 Å². The minimum absolute atomic E-state index is 0. The second-order valence-corrected chi connectivity index (χ2v) is 3.09. The van der Waals surface area contributed by atoms with Crippen LogP contribution in [0.1, 0.15) is 0 Å². The maximum atomic E-state index is 9.98. The third kappa shape index (κ3) is 20.3. The van der Waals surface area contributed by atoms with E-state index in [2.05, 4.69) is 0 Å². The summed E-state index contributed by atoms with van der Waals surface area (Å²) in [6.45, 7) is -0.863. The Morgan fingerprint density at radius 3 is 1.39 bits per heavy atom. The van der Waals surface area contributed by atoms with Gasteiger partial charge in [-0.2, -0.15) is 0 Å². The molecule has 120 valence electrons. The van der Waals surface area contributed by atoms with Gasteiger partial charge in [-0.05, 0) is 0 Å². The molecule has 0 fully saturated rings. The van der Waals surface area contributed by atoms with Crippen molar-refractivity contribution in [2.75, 3.05) is 6.61 Å². The summed E-state index contributed by atoms with van der Waals surface area (Å²) < 4.78 is 0. The van der Waals surface area contributed by atoms with Gasteiger partial charge >= 0.3 is 116 Å². The molecule has 4 atom stereocenters. The molecule has 6 N–H and O–H groups in total. The number of carboxylic acids is 3. The van der Waals surface area contributed by atoms with Crippen LogP contribution in [0.2, 0.25) is 0 Å². The van der Waals surface area contributed by atoms with Crippen LogP contribution in [0.15, 0.2) is 0 Å². The van der Waals surface area contributed by atoms with Crippen LogP contribution in [0.4, 0.5) is 0 Å². The molecule has 0 heterocycles. The van der Waals surface area contributed by atoms with Crippen molar-refractivity contribution in [1.29, 1.82) is 0 Å². The molecule has 0 aliphatic heterocycles. The van der Waals surface area contributed by atoms with Crippen molar-refractivity contribution in [3.63, 3.8) is 0 Å². The molecule has 15 heteroatoms. The molecule has 0 aromatic rings. The van der Waals surface area contributed by atoms with Crippen molar-refractivity contribution >= 4 is 17.9 Å². The van der Waals surface area contributed by atoms with E-state index < -0.39 is 48.9 Å². The summed E-state index contributed by atoms with van der Waals surface area (Å²) in [5, 5.41) is 69.8. The molecule has 0 spiro atoms. The van der Waals surface area contributed by atoms with Crippen LogP contribution >= 0.6 is 0 Å². The van der Waals surface area contributed by atoms with Crippen LogP contribution in [0.3, 0.4) is 0 Å². The topological polar surface area (TPSA) is 219 Å². The number of halogens is 1. The van der Waals surface area contributed by atoms with Crippen LogP contribution in [0, 0.1) is 0 Å². The maximum Gasteiger partial charge on any atom is 1.00 e. The van der Waals surface area contributed by atoms with E-state index in [4.69, 9.17) is 45.3 Å². The first-order chi connectivity index (χ1) is 8.56. The molecule has 0 unspecified atom stereocenters. The number of carbonyl (C=O) groups is 3. The van der Waals surface area contributed by atoms with E-state index in [-0.39, 0.29) is 123 Å². The third-order valence-electron chi connectivity index (χ3n) is 1.67. The molecule has 0 aromatic carbocycles. The first-order valence-electron chi connectivity index (χ1n) is 4.54. The third-order valence-corrected chi connectivity index (χ3v) is 1.67. The molecule has 0 aliphatic carbocycles. The van der Waals surface area contributed by atoms with Crippen molar-refractivity contribution in [2.45, 2.75) is 24.4 Å². The van der Waals surface area contributed by atoms with Gasteiger partial charge in [-0.25, -0.2) is 4.79 Å². The van der Waals surface area contributed by atoms with Crippen molar-refractivity contribution in [1.82, 2.24) is 0 Å². The fourth-order valence-corrected chi connectivity index (χ4v) is 0.662.